The molecule has 6 nitrogen and oxygen atoms in total. The van der Waals surface area contributed by atoms with Gasteiger partial charge in [0, 0.05) is 24.2 Å². The Hall–Kier alpha value is -2.89. The van der Waals surface area contributed by atoms with Crippen LogP contribution in [0.4, 0.5) is 0 Å². The average Bonchev–Trinajstić information content (AvgIpc) is 3.13. The summed E-state index contributed by atoms with van der Waals surface area (Å²) in [5.74, 6) is -0.366. The molecule has 0 spiro atoms. The molecule has 3 aromatic heterocycles. The van der Waals surface area contributed by atoms with Crippen LogP contribution >= 0.6 is 0 Å². The summed E-state index contributed by atoms with van der Waals surface area (Å²) in [6.07, 6.45) is 6.60. The third-order valence-electron chi connectivity index (χ3n) is 2.87. The summed E-state index contributed by atoms with van der Waals surface area (Å²) in [6, 6.07) is 6.51. The van der Waals surface area contributed by atoms with Gasteiger partial charge < -0.3 is 14.1 Å². The lowest BCUT2D eigenvalue weighted by molar-refractivity contribution is 0.0892. The van der Waals surface area contributed by atoms with Crippen molar-refractivity contribution in [1.82, 2.24) is 14.7 Å². The van der Waals surface area contributed by atoms with Gasteiger partial charge in [-0.25, -0.2) is 4.98 Å². The Morgan fingerprint density at radius 1 is 1.30 bits per heavy atom. The number of amides is 1. The number of ketones is 1. The van der Waals surface area contributed by atoms with Crippen molar-refractivity contribution in [2.24, 2.45) is 0 Å². The van der Waals surface area contributed by atoms with Crippen LogP contribution in [0.25, 0.3) is 5.65 Å². The number of carbonyl (C=O) groups excluding carboxylic acids is 2. The number of furan rings is 1. The van der Waals surface area contributed by atoms with E-state index in [4.69, 9.17) is 4.42 Å². The highest BCUT2D eigenvalue weighted by atomic mass is 16.3. The van der Waals surface area contributed by atoms with Gasteiger partial charge in [-0.15, -0.1) is 0 Å². The predicted octanol–water partition coefficient (Wildman–Crippen LogP) is 1.54. The normalized spacial score (nSPS) is 10.6. The van der Waals surface area contributed by atoms with Gasteiger partial charge in [0.15, 0.2) is 5.76 Å². The van der Waals surface area contributed by atoms with Gasteiger partial charge in [0.05, 0.1) is 12.8 Å². The van der Waals surface area contributed by atoms with Crippen LogP contribution in [0.15, 0.2) is 53.5 Å². The van der Waals surface area contributed by atoms with E-state index in [2.05, 4.69) is 10.3 Å². The first-order chi connectivity index (χ1) is 9.74. The Kier molecular flexibility index (Phi) is 3.04. The molecule has 0 bridgehead atoms. The molecular formula is C14H11N3O3. The number of aromatic nitrogens is 2. The SMILES string of the molecule is O=C(NCC(=O)c1ccco1)c1ccn2ccnc2c1. The lowest BCUT2D eigenvalue weighted by Gasteiger charge is -2.04. The quantitative estimate of drug-likeness (QED) is 0.729. The Labute approximate surface area is 114 Å². The van der Waals surface area contributed by atoms with Crippen molar-refractivity contribution in [2.75, 3.05) is 6.54 Å². The first-order valence-electron chi connectivity index (χ1n) is 6.02. The number of hydrogen-bond donors (Lipinski definition) is 1. The second kappa shape index (κ2) is 5.00. The third kappa shape index (κ3) is 2.31. The number of pyridine rings is 1. The fraction of sp³-hybridized carbons (Fsp3) is 0.0714. The molecule has 0 aromatic carbocycles. The zero-order chi connectivity index (χ0) is 13.9. The maximum Gasteiger partial charge on any atom is 0.251 e. The van der Waals surface area contributed by atoms with Gasteiger partial charge in [-0.2, -0.15) is 0 Å². The van der Waals surface area contributed by atoms with E-state index >= 15 is 0 Å². The smallest absolute Gasteiger partial charge is 0.251 e. The van der Waals surface area contributed by atoms with E-state index in [9.17, 15) is 9.59 Å². The van der Waals surface area contributed by atoms with Crippen molar-refractivity contribution in [3.8, 4) is 0 Å². The van der Waals surface area contributed by atoms with Gasteiger partial charge in [0.2, 0.25) is 5.78 Å². The monoisotopic (exact) mass is 269 g/mol. The van der Waals surface area contributed by atoms with Crippen LogP contribution in [0.2, 0.25) is 0 Å². The van der Waals surface area contributed by atoms with Crippen LogP contribution in [0.3, 0.4) is 0 Å². The average molecular weight is 269 g/mol. The fourth-order valence-corrected chi connectivity index (χ4v) is 1.84. The van der Waals surface area contributed by atoms with E-state index in [-0.39, 0.29) is 24.0 Å². The summed E-state index contributed by atoms with van der Waals surface area (Å²) in [7, 11) is 0. The molecule has 0 fully saturated rings. The number of hydrogen-bond acceptors (Lipinski definition) is 4. The number of fused-ring (bicyclic) bond motifs is 1. The summed E-state index contributed by atoms with van der Waals surface area (Å²) in [5, 5.41) is 2.56. The predicted molar refractivity (Wildman–Crippen MR) is 70.6 cm³/mol. The van der Waals surface area contributed by atoms with Crippen molar-refractivity contribution in [3.05, 3.63) is 60.4 Å². The van der Waals surface area contributed by atoms with Crippen LogP contribution in [-0.4, -0.2) is 27.6 Å². The first kappa shape index (κ1) is 12.2. The molecule has 6 heteroatoms. The van der Waals surface area contributed by atoms with E-state index in [1.54, 1.807) is 47.3 Å². The number of nitrogens with zero attached hydrogens (tertiary/aromatic N) is 2. The minimum Gasteiger partial charge on any atom is -0.461 e. The molecule has 0 aliphatic heterocycles. The van der Waals surface area contributed by atoms with Gasteiger partial charge in [0.25, 0.3) is 5.91 Å². The molecule has 3 aromatic rings. The number of Topliss-reactive ketones (excluding diaryl/α,β-unsaturated/α-hetero) is 1. The number of rotatable bonds is 4. The zero-order valence-electron chi connectivity index (χ0n) is 10.4. The number of carbonyl (C=O) groups is 2. The third-order valence-corrected chi connectivity index (χ3v) is 2.87. The molecule has 1 N–H and O–H groups in total. The molecule has 0 radical (unpaired) electrons. The standard InChI is InChI=1S/C14H11N3O3/c18-11(12-2-1-7-20-12)9-16-14(19)10-3-5-17-6-4-15-13(17)8-10/h1-8H,9H2,(H,16,19). The second-order valence-corrected chi connectivity index (χ2v) is 4.19. The molecule has 0 saturated carbocycles. The van der Waals surface area contributed by atoms with Crippen LogP contribution in [-0.2, 0) is 0 Å². The Morgan fingerprint density at radius 2 is 2.20 bits per heavy atom. The van der Waals surface area contributed by atoms with Crippen molar-refractivity contribution < 1.29 is 14.0 Å². The first-order valence-corrected chi connectivity index (χ1v) is 6.02. The molecular weight excluding hydrogens is 258 g/mol. The zero-order valence-corrected chi connectivity index (χ0v) is 10.4. The minimum atomic E-state index is -0.324. The highest BCUT2D eigenvalue weighted by Gasteiger charge is 2.12. The van der Waals surface area contributed by atoms with Crippen LogP contribution < -0.4 is 5.32 Å². The molecule has 0 unspecified atom stereocenters. The highest BCUT2D eigenvalue weighted by molar-refractivity contribution is 6.01. The lowest BCUT2D eigenvalue weighted by atomic mass is 10.2. The van der Waals surface area contributed by atoms with Crippen molar-refractivity contribution in [1.29, 1.82) is 0 Å². The number of imidazole rings is 1. The van der Waals surface area contributed by atoms with Crippen molar-refractivity contribution in [3.63, 3.8) is 0 Å². The molecule has 3 heterocycles. The lowest BCUT2D eigenvalue weighted by Crippen LogP contribution is -2.29. The molecule has 0 aliphatic carbocycles. The summed E-state index contributed by atoms with van der Waals surface area (Å²) < 4.78 is 6.76. The topological polar surface area (TPSA) is 76.6 Å². The highest BCUT2D eigenvalue weighted by Crippen LogP contribution is 2.06. The minimum absolute atomic E-state index is 0.105. The Morgan fingerprint density at radius 3 is 3.00 bits per heavy atom. The molecule has 0 atom stereocenters. The molecule has 100 valence electrons. The van der Waals surface area contributed by atoms with Crippen LogP contribution in [0.5, 0.6) is 0 Å². The molecule has 1 amide bonds. The van der Waals surface area contributed by atoms with E-state index in [0.717, 1.165) is 0 Å². The second-order valence-electron chi connectivity index (χ2n) is 4.19. The van der Waals surface area contributed by atoms with Crippen molar-refractivity contribution >= 4 is 17.3 Å². The summed E-state index contributed by atoms with van der Waals surface area (Å²) in [6.45, 7) is -0.105. The Balaban J connectivity index is 1.68. The van der Waals surface area contributed by atoms with Gasteiger partial charge in [-0.1, -0.05) is 0 Å². The van der Waals surface area contributed by atoms with Crippen LogP contribution in [0.1, 0.15) is 20.9 Å². The van der Waals surface area contributed by atoms with Crippen LogP contribution in [0, 0.1) is 0 Å². The van der Waals surface area contributed by atoms with Gasteiger partial charge >= 0.3 is 0 Å². The van der Waals surface area contributed by atoms with Crippen molar-refractivity contribution in [2.45, 2.75) is 0 Å². The Bertz CT molecular complexity index is 759. The summed E-state index contributed by atoms with van der Waals surface area (Å²) in [5.41, 5.74) is 1.13. The molecule has 0 saturated heterocycles. The number of nitrogens with one attached hydrogen (secondary N) is 1. The van der Waals surface area contributed by atoms with Gasteiger partial charge in [0.1, 0.15) is 5.65 Å². The maximum absolute atomic E-state index is 12.0. The molecule has 3 rings (SSSR count). The fourth-order valence-electron chi connectivity index (χ4n) is 1.84. The largest absolute Gasteiger partial charge is 0.461 e. The van der Waals surface area contributed by atoms with E-state index in [1.165, 1.54) is 6.26 Å². The van der Waals surface area contributed by atoms with Gasteiger partial charge in [-0.3, -0.25) is 9.59 Å². The molecule has 0 aliphatic rings. The van der Waals surface area contributed by atoms with E-state index in [1.807, 2.05) is 0 Å². The van der Waals surface area contributed by atoms with E-state index in [0.29, 0.717) is 11.2 Å². The molecule has 20 heavy (non-hydrogen) atoms. The summed E-state index contributed by atoms with van der Waals surface area (Å²) in [4.78, 5) is 27.7. The maximum atomic E-state index is 12.0. The van der Waals surface area contributed by atoms with E-state index < -0.39 is 0 Å². The summed E-state index contributed by atoms with van der Waals surface area (Å²) >= 11 is 0. The van der Waals surface area contributed by atoms with Gasteiger partial charge in [-0.05, 0) is 24.3 Å².